The molecule has 10 heteroatoms. The van der Waals surface area contributed by atoms with E-state index >= 15 is 0 Å². The number of halogens is 1. The van der Waals surface area contributed by atoms with Crippen LogP contribution in [0.3, 0.4) is 0 Å². The van der Waals surface area contributed by atoms with Crippen LogP contribution in [0.4, 0.5) is 5.82 Å². The summed E-state index contributed by atoms with van der Waals surface area (Å²) in [4.78, 5) is 13.9. The lowest BCUT2D eigenvalue weighted by Gasteiger charge is -2.34. The maximum absolute atomic E-state index is 13.0. The molecule has 0 radical (unpaired) electrons. The zero-order valence-corrected chi connectivity index (χ0v) is 19.6. The van der Waals surface area contributed by atoms with Crippen molar-refractivity contribution in [3.63, 3.8) is 0 Å². The van der Waals surface area contributed by atoms with Crippen molar-refractivity contribution in [1.82, 2.24) is 14.5 Å². The largest absolute Gasteiger partial charge is 0.462 e. The molecule has 0 atom stereocenters. The number of aromatic nitrogens is 2. The number of sulfonamides is 1. The van der Waals surface area contributed by atoms with E-state index in [1.807, 2.05) is 29.2 Å². The van der Waals surface area contributed by atoms with Crippen LogP contribution in [0.5, 0.6) is 0 Å². The van der Waals surface area contributed by atoms with E-state index < -0.39 is 16.0 Å². The topological polar surface area (TPSA) is 92.7 Å². The highest BCUT2D eigenvalue weighted by Gasteiger charge is 2.29. The fourth-order valence-corrected chi connectivity index (χ4v) is 5.10. The molecule has 0 aliphatic carbocycles. The molecule has 2 aromatic carbocycles. The molecular formula is C23H23ClN4O4S. The van der Waals surface area contributed by atoms with Crippen LogP contribution in [0.15, 0.2) is 65.6 Å². The van der Waals surface area contributed by atoms with Crippen LogP contribution in [0, 0.1) is 0 Å². The van der Waals surface area contributed by atoms with Gasteiger partial charge in [-0.05, 0) is 55.5 Å². The van der Waals surface area contributed by atoms with Gasteiger partial charge in [0.15, 0.2) is 5.82 Å². The van der Waals surface area contributed by atoms with Gasteiger partial charge in [0, 0.05) is 36.8 Å². The third-order valence-corrected chi connectivity index (χ3v) is 7.52. The molecule has 1 aliphatic heterocycles. The SMILES string of the molecule is CCOC(=O)c1ccc(S(=O)(=O)N2CCN(c3ccc(-c4ccc(Cl)cc4)nn3)CC2)cc1. The lowest BCUT2D eigenvalue weighted by atomic mass is 10.1. The molecule has 1 fully saturated rings. The fraction of sp³-hybridized carbons (Fsp3) is 0.261. The van der Waals surface area contributed by atoms with E-state index in [2.05, 4.69) is 10.2 Å². The van der Waals surface area contributed by atoms with Crippen LogP contribution in [0.25, 0.3) is 11.3 Å². The standard InChI is InChI=1S/C23H23ClN4O4S/c1-2-32-23(29)18-5-9-20(10-6-18)33(30,31)28-15-13-27(14-16-28)22-12-11-21(25-26-22)17-3-7-19(24)8-4-17/h3-12H,2,13-16H2,1H3. The van der Waals surface area contributed by atoms with Gasteiger partial charge in [-0.3, -0.25) is 0 Å². The molecule has 3 aromatic rings. The quantitative estimate of drug-likeness (QED) is 0.492. The van der Waals surface area contributed by atoms with Crippen LogP contribution in [-0.2, 0) is 14.8 Å². The Labute approximate surface area is 197 Å². The van der Waals surface area contributed by atoms with E-state index in [9.17, 15) is 13.2 Å². The van der Waals surface area contributed by atoms with Gasteiger partial charge in [-0.1, -0.05) is 23.7 Å². The first-order chi connectivity index (χ1) is 15.9. The van der Waals surface area contributed by atoms with Crippen LogP contribution >= 0.6 is 11.6 Å². The first-order valence-corrected chi connectivity index (χ1v) is 12.3. The van der Waals surface area contributed by atoms with Crippen LogP contribution in [0.1, 0.15) is 17.3 Å². The number of rotatable bonds is 6. The van der Waals surface area contributed by atoms with Crippen molar-refractivity contribution in [2.75, 3.05) is 37.7 Å². The Morgan fingerprint density at radius 1 is 0.939 bits per heavy atom. The normalized spacial score (nSPS) is 14.8. The predicted molar refractivity (Wildman–Crippen MR) is 126 cm³/mol. The molecule has 0 unspecified atom stereocenters. The van der Waals surface area contributed by atoms with Gasteiger partial charge in [-0.25, -0.2) is 13.2 Å². The Hall–Kier alpha value is -3.01. The summed E-state index contributed by atoms with van der Waals surface area (Å²) in [5.74, 6) is 0.224. The summed E-state index contributed by atoms with van der Waals surface area (Å²) < 4.78 is 32.4. The van der Waals surface area contributed by atoms with Crippen molar-refractivity contribution in [3.8, 4) is 11.3 Å². The maximum atomic E-state index is 13.0. The lowest BCUT2D eigenvalue weighted by Crippen LogP contribution is -2.49. The van der Waals surface area contributed by atoms with Gasteiger partial charge in [-0.2, -0.15) is 4.31 Å². The summed E-state index contributed by atoms with van der Waals surface area (Å²) in [5, 5.41) is 9.28. The summed E-state index contributed by atoms with van der Waals surface area (Å²) in [7, 11) is -3.66. The minimum absolute atomic E-state index is 0.149. The number of hydrogen-bond donors (Lipinski definition) is 0. The highest BCUT2D eigenvalue weighted by atomic mass is 35.5. The Morgan fingerprint density at radius 2 is 1.61 bits per heavy atom. The van der Waals surface area contributed by atoms with E-state index in [1.165, 1.54) is 28.6 Å². The molecule has 0 N–H and O–H groups in total. The molecule has 1 saturated heterocycles. The molecule has 0 spiro atoms. The number of hydrogen-bond acceptors (Lipinski definition) is 7. The summed E-state index contributed by atoms with van der Waals surface area (Å²) in [5.41, 5.74) is 1.98. The number of piperazine rings is 1. The van der Waals surface area contributed by atoms with E-state index in [0.29, 0.717) is 42.6 Å². The lowest BCUT2D eigenvalue weighted by molar-refractivity contribution is 0.0526. The number of nitrogens with zero attached hydrogens (tertiary/aromatic N) is 4. The van der Waals surface area contributed by atoms with Crippen molar-refractivity contribution in [1.29, 1.82) is 0 Å². The molecule has 0 amide bonds. The average Bonchev–Trinajstić information content (AvgIpc) is 2.85. The highest BCUT2D eigenvalue weighted by Crippen LogP contribution is 2.23. The molecule has 2 heterocycles. The summed E-state index contributed by atoms with van der Waals surface area (Å²) in [6.07, 6.45) is 0. The van der Waals surface area contributed by atoms with Crippen molar-refractivity contribution >= 4 is 33.4 Å². The number of anilines is 1. The average molecular weight is 487 g/mol. The van der Waals surface area contributed by atoms with E-state index in [-0.39, 0.29) is 11.5 Å². The van der Waals surface area contributed by atoms with Gasteiger partial charge in [0.25, 0.3) is 0 Å². The number of benzene rings is 2. The van der Waals surface area contributed by atoms with Gasteiger partial charge in [0.2, 0.25) is 10.0 Å². The Bertz CT molecular complexity index is 1210. The Kier molecular flexibility index (Phi) is 6.92. The zero-order valence-electron chi connectivity index (χ0n) is 18.0. The van der Waals surface area contributed by atoms with Crippen LogP contribution < -0.4 is 4.90 Å². The molecule has 0 bridgehead atoms. The van der Waals surface area contributed by atoms with E-state index in [0.717, 1.165) is 11.3 Å². The Morgan fingerprint density at radius 3 is 2.18 bits per heavy atom. The first kappa shape index (κ1) is 23.2. The molecule has 4 rings (SSSR count). The smallest absolute Gasteiger partial charge is 0.338 e. The molecule has 8 nitrogen and oxygen atoms in total. The molecule has 33 heavy (non-hydrogen) atoms. The number of carbonyl (C=O) groups is 1. The van der Waals surface area contributed by atoms with E-state index in [1.54, 1.807) is 19.1 Å². The second kappa shape index (κ2) is 9.86. The monoisotopic (exact) mass is 486 g/mol. The molecule has 0 saturated carbocycles. The number of ether oxygens (including phenoxy) is 1. The summed E-state index contributed by atoms with van der Waals surface area (Å²) >= 11 is 5.93. The van der Waals surface area contributed by atoms with Crippen molar-refractivity contribution < 1.29 is 17.9 Å². The van der Waals surface area contributed by atoms with Gasteiger partial charge in [-0.15, -0.1) is 10.2 Å². The molecule has 172 valence electrons. The predicted octanol–water partition coefficient (Wildman–Crippen LogP) is 3.48. The highest BCUT2D eigenvalue weighted by molar-refractivity contribution is 7.89. The Balaban J connectivity index is 1.39. The van der Waals surface area contributed by atoms with Crippen molar-refractivity contribution in [2.45, 2.75) is 11.8 Å². The third kappa shape index (κ3) is 5.16. The molecule has 1 aliphatic rings. The second-order valence-corrected chi connectivity index (χ2v) is 9.79. The summed E-state index contributed by atoms with van der Waals surface area (Å²) in [6.45, 7) is 3.61. The zero-order chi connectivity index (χ0) is 23.4. The molecule has 1 aromatic heterocycles. The number of esters is 1. The summed E-state index contributed by atoms with van der Waals surface area (Å²) in [6, 6.07) is 17.0. The van der Waals surface area contributed by atoms with Crippen molar-refractivity contribution in [3.05, 3.63) is 71.2 Å². The number of carbonyl (C=O) groups excluding carboxylic acids is 1. The first-order valence-electron chi connectivity index (χ1n) is 10.5. The van der Waals surface area contributed by atoms with Gasteiger partial charge < -0.3 is 9.64 Å². The van der Waals surface area contributed by atoms with Crippen molar-refractivity contribution in [2.24, 2.45) is 0 Å². The second-order valence-electron chi connectivity index (χ2n) is 7.42. The minimum Gasteiger partial charge on any atom is -0.462 e. The van der Waals surface area contributed by atoms with Gasteiger partial charge >= 0.3 is 5.97 Å². The fourth-order valence-electron chi connectivity index (χ4n) is 3.55. The molecular weight excluding hydrogens is 464 g/mol. The maximum Gasteiger partial charge on any atom is 0.338 e. The minimum atomic E-state index is -3.66. The van der Waals surface area contributed by atoms with Crippen LogP contribution in [-0.4, -0.2) is 61.7 Å². The van der Waals surface area contributed by atoms with E-state index in [4.69, 9.17) is 16.3 Å². The van der Waals surface area contributed by atoms with Gasteiger partial charge in [0.05, 0.1) is 22.8 Å². The van der Waals surface area contributed by atoms with Gasteiger partial charge in [0.1, 0.15) is 0 Å². The van der Waals surface area contributed by atoms with Crippen LogP contribution in [0.2, 0.25) is 5.02 Å². The third-order valence-electron chi connectivity index (χ3n) is 5.36.